The molecule has 30 heavy (non-hydrogen) atoms. The number of carbonyl (C=O) groups excluding carboxylic acids is 1. The first-order chi connectivity index (χ1) is 14.0. The van der Waals surface area contributed by atoms with Gasteiger partial charge in [-0.1, -0.05) is 23.8 Å². The van der Waals surface area contributed by atoms with Gasteiger partial charge in [0.15, 0.2) is 5.69 Å². The maximum Gasteiger partial charge on any atom is 0.416 e. The van der Waals surface area contributed by atoms with Crippen molar-refractivity contribution < 1.29 is 18.0 Å². The molecule has 1 aromatic heterocycles. The minimum Gasteiger partial charge on any atom is -0.310 e. The van der Waals surface area contributed by atoms with Crippen molar-refractivity contribution in [2.45, 2.75) is 26.9 Å². The Balaban J connectivity index is 2.07. The van der Waals surface area contributed by atoms with Crippen molar-refractivity contribution in [3.05, 3.63) is 86.8 Å². The van der Waals surface area contributed by atoms with Gasteiger partial charge in [0.1, 0.15) is 0 Å². The Morgan fingerprint density at radius 2 is 1.73 bits per heavy atom. The summed E-state index contributed by atoms with van der Waals surface area (Å²) in [5.74, 6) is -0.646. The third-order valence-electron chi connectivity index (χ3n) is 4.75. The zero-order chi connectivity index (χ0) is 22.2. The number of benzene rings is 2. The van der Waals surface area contributed by atoms with Gasteiger partial charge in [-0.25, -0.2) is 4.68 Å². The molecule has 0 saturated heterocycles. The monoisotopic (exact) mass is 415 g/mol. The summed E-state index contributed by atoms with van der Waals surface area (Å²) in [5.41, 5.74) is 1.07. The van der Waals surface area contributed by atoms with Crippen LogP contribution in [0.25, 0.3) is 5.69 Å². The maximum atomic E-state index is 13.1. The number of nitrogens with zero attached hydrogens (tertiary/aromatic N) is 3. The molecule has 1 amide bonds. The molecule has 3 aromatic rings. The van der Waals surface area contributed by atoms with E-state index in [2.05, 4.69) is 5.10 Å². The van der Waals surface area contributed by atoms with Crippen molar-refractivity contribution in [2.24, 2.45) is 0 Å². The van der Waals surface area contributed by atoms with E-state index in [-0.39, 0.29) is 11.4 Å². The molecule has 8 heteroatoms. The molecule has 0 atom stereocenters. The van der Waals surface area contributed by atoms with Gasteiger partial charge < -0.3 is 4.90 Å². The molecule has 0 fully saturated rings. The summed E-state index contributed by atoms with van der Waals surface area (Å²) in [5, 5.41) is 4.10. The number of aromatic nitrogens is 2. The predicted octanol–water partition coefficient (Wildman–Crippen LogP) is 4.45. The van der Waals surface area contributed by atoms with Crippen LogP contribution in [0, 0.1) is 20.8 Å². The number of rotatable bonds is 3. The molecule has 0 N–H and O–H groups in total. The molecule has 0 aliphatic rings. The van der Waals surface area contributed by atoms with Gasteiger partial charge in [0.25, 0.3) is 5.91 Å². The van der Waals surface area contributed by atoms with E-state index in [4.69, 9.17) is 0 Å². The van der Waals surface area contributed by atoms with Crippen molar-refractivity contribution in [1.82, 2.24) is 9.78 Å². The smallest absolute Gasteiger partial charge is 0.310 e. The fourth-order valence-electron chi connectivity index (χ4n) is 3.22. The first kappa shape index (κ1) is 21.3. The van der Waals surface area contributed by atoms with Crippen molar-refractivity contribution in [3.8, 4) is 5.69 Å². The topological polar surface area (TPSA) is 55.2 Å². The lowest BCUT2D eigenvalue weighted by molar-refractivity contribution is -0.137. The molecule has 0 aliphatic heterocycles. The SMILES string of the molecule is Cc1ccc(N(C)C(=O)c2nn(-c3cccc(C(F)(F)F)c3)c(C)cc2=O)c(C)c1. The van der Waals surface area contributed by atoms with E-state index in [0.29, 0.717) is 11.4 Å². The van der Waals surface area contributed by atoms with Crippen LogP contribution in [0.1, 0.15) is 32.9 Å². The Hall–Kier alpha value is -3.42. The van der Waals surface area contributed by atoms with Crippen LogP contribution in [-0.4, -0.2) is 22.7 Å². The fraction of sp³-hybridized carbons (Fsp3) is 0.227. The molecule has 2 aromatic carbocycles. The first-order valence-electron chi connectivity index (χ1n) is 9.13. The summed E-state index contributed by atoms with van der Waals surface area (Å²) >= 11 is 0. The Morgan fingerprint density at radius 1 is 1.03 bits per heavy atom. The summed E-state index contributed by atoms with van der Waals surface area (Å²) in [6.07, 6.45) is -4.52. The number of aryl methyl sites for hydroxylation is 3. The highest BCUT2D eigenvalue weighted by molar-refractivity contribution is 6.04. The zero-order valence-corrected chi connectivity index (χ0v) is 16.9. The van der Waals surface area contributed by atoms with E-state index >= 15 is 0 Å². The van der Waals surface area contributed by atoms with Crippen molar-refractivity contribution in [1.29, 1.82) is 0 Å². The van der Waals surface area contributed by atoms with Gasteiger partial charge in [-0.2, -0.15) is 18.3 Å². The van der Waals surface area contributed by atoms with E-state index in [1.54, 1.807) is 6.07 Å². The summed E-state index contributed by atoms with van der Waals surface area (Å²) in [4.78, 5) is 26.8. The number of anilines is 1. The van der Waals surface area contributed by atoms with Crippen molar-refractivity contribution in [3.63, 3.8) is 0 Å². The standard InChI is InChI=1S/C22H20F3N3O2/c1-13-8-9-18(14(2)10-13)27(4)21(30)20-19(29)11-15(3)28(26-20)17-7-5-6-16(12-17)22(23,24)25/h5-12H,1-4H3. The first-order valence-corrected chi connectivity index (χ1v) is 9.13. The Labute approximate surface area is 171 Å². The van der Waals surface area contributed by atoms with Crippen molar-refractivity contribution >= 4 is 11.6 Å². The van der Waals surface area contributed by atoms with E-state index in [1.165, 1.54) is 41.8 Å². The molecule has 0 radical (unpaired) electrons. The molecule has 0 bridgehead atoms. The molecular weight excluding hydrogens is 395 g/mol. The fourth-order valence-corrected chi connectivity index (χ4v) is 3.22. The molecule has 1 heterocycles. The van der Waals surface area contributed by atoms with Gasteiger partial charge in [0.05, 0.1) is 11.3 Å². The largest absolute Gasteiger partial charge is 0.416 e. The molecule has 0 saturated carbocycles. The number of carbonyl (C=O) groups is 1. The van der Waals surface area contributed by atoms with Gasteiger partial charge in [0.2, 0.25) is 5.43 Å². The number of hydrogen-bond donors (Lipinski definition) is 0. The highest BCUT2D eigenvalue weighted by Crippen LogP contribution is 2.30. The summed E-state index contributed by atoms with van der Waals surface area (Å²) in [6, 6.07) is 11.3. The highest BCUT2D eigenvalue weighted by atomic mass is 19.4. The Bertz CT molecular complexity index is 1180. The average molecular weight is 415 g/mol. The quantitative estimate of drug-likeness (QED) is 0.635. The third-order valence-corrected chi connectivity index (χ3v) is 4.75. The van der Waals surface area contributed by atoms with E-state index < -0.39 is 23.1 Å². The second-order valence-electron chi connectivity index (χ2n) is 7.11. The molecule has 0 spiro atoms. The van der Waals surface area contributed by atoms with Crippen LogP contribution in [-0.2, 0) is 6.18 Å². The Morgan fingerprint density at radius 3 is 2.37 bits per heavy atom. The average Bonchev–Trinajstić information content (AvgIpc) is 2.66. The van der Waals surface area contributed by atoms with Gasteiger partial charge >= 0.3 is 6.18 Å². The summed E-state index contributed by atoms with van der Waals surface area (Å²) in [7, 11) is 1.52. The van der Waals surface area contributed by atoms with Crippen LogP contribution in [0.5, 0.6) is 0 Å². The van der Waals surface area contributed by atoms with Gasteiger partial charge in [-0.3, -0.25) is 9.59 Å². The van der Waals surface area contributed by atoms with Crippen LogP contribution in [0.15, 0.2) is 53.3 Å². The van der Waals surface area contributed by atoms with Crippen LogP contribution in [0.3, 0.4) is 0 Å². The molecule has 0 unspecified atom stereocenters. The second kappa shape index (κ2) is 7.78. The van der Waals surface area contributed by atoms with Gasteiger partial charge in [0, 0.05) is 24.5 Å². The lowest BCUT2D eigenvalue weighted by Crippen LogP contribution is -2.34. The lowest BCUT2D eigenvalue weighted by atomic mass is 10.1. The molecule has 156 valence electrons. The maximum absolute atomic E-state index is 13.1. The van der Waals surface area contributed by atoms with Crippen LogP contribution in [0.2, 0.25) is 0 Å². The molecular formula is C22H20F3N3O2. The molecule has 3 rings (SSSR count). The number of amides is 1. The Kier molecular flexibility index (Phi) is 5.52. The number of hydrogen-bond acceptors (Lipinski definition) is 3. The lowest BCUT2D eigenvalue weighted by Gasteiger charge is -2.20. The third kappa shape index (κ3) is 4.12. The summed E-state index contributed by atoms with van der Waals surface area (Å²) < 4.78 is 40.4. The second-order valence-corrected chi connectivity index (χ2v) is 7.11. The van der Waals surface area contributed by atoms with E-state index in [0.717, 1.165) is 23.3 Å². The normalized spacial score (nSPS) is 11.4. The van der Waals surface area contributed by atoms with Crippen LogP contribution >= 0.6 is 0 Å². The summed E-state index contributed by atoms with van der Waals surface area (Å²) in [6.45, 7) is 5.31. The van der Waals surface area contributed by atoms with Crippen molar-refractivity contribution in [2.75, 3.05) is 11.9 Å². The number of halogens is 3. The van der Waals surface area contributed by atoms with Gasteiger partial charge in [-0.15, -0.1) is 0 Å². The van der Waals surface area contributed by atoms with Crippen LogP contribution in [0.4, 0.5) is 18.9 Å². The minimum absolute atomic E-state index is 0.102. The highest BCUT2D eigenvalue weighted by Gasteiger charge is 2.31. The minimum atomic E-state index is -4.52. The van der Waals surface area contributed by atoms with E-state index in [1.807, 2.05) is 26.0 Å². The molecule has 5 nitrogen and oxygen atoms in total. The van der Waals surface area contributed by atoms with Gasteiger partial charge in [-0.05, 0) is 50.6 Å². The number of alkyl halides is 3. The molecule has 0 aliphatic carbocycles. The zero-order valence-electron chi connectivity index (χ0n) is 16.9. The van der Waals surface area contributed by atoms with E-state index in [9.17, 15) is 22.8 Å². The predicted molar refractivity (Wildman–Crippen MR) is 108 cm³/mol. The van der Waals surface area contributed by atoms with Crippen LogP contribution < -0.4 is 10.3 Å².